The molecule has 2 aliphatic heterocycles. The van der Waals surface area contributed by atoms with Crippen LogP contribution >= 0.6 is 0 Å². The number of anilines is 2. The molecular weight excluding hydrogens is 292 g/mol. The van der Waals surface area contributed by atoms with E-state index >= 15 is 0 Å². The van der Waals surface area contributed by atoms with Gasteiger partial charge in [0.1, 0.15) is 5.70 Å². The number of hydrogen-bond acceptors (Lipinski definition) is 4. The maximum absolute atomic E-state index is 12.7. The molecule has 1 N–H and O–H groups in total. The lowest BCUT2D eigenvalue weighted by molar-refractivity contribution is -0.122. The number of allylic oxidation sites excluding steroid dienone is 1. The molecule has 0 saturated carbocycles. The van der Waals surface area contributed by atoms with Crippen LogP contribution in [0, 0.1) is 0 Å². The van der Waals surface area contributed by atoms with Gasteiger partial charge in [0, 0.05) is 23.7 Å². The SMILES string of the molecule is CC(=O)N1C(=O)/C(=C2\Nc3ccccc3C2=O)c2ccccc21. The van der Waals surface area contributed by atoms with Crippen molar-refractivity contribution in [2.75, 3.05) is 10.2 Å². The van der Waals surface area contributed by atoms with E-state index in [1.807, 2.05) is 6.07 Å². The van der Waals surface area contributed by atoms with Gasteiger partial charge in [-0.05, 0) is 18.2 Å². The quantitative estimate of drug-likeness (QED) is 0.760. The Hall–Kier alpha value is -3.21. The van der Waals surface area contributed by atoms with Gasteiger partial charge in [0.15, 0.2) is 0 Å². The Morgan fingerprint density at radius 3 is 2.30 bits per heavy atom. The monoisotopic (exact) mass is 304 g/mol. The van der Waals surface area contributed by atoms with Crippen molar-refractivity contribution in [2.24, 2.45) is 0 Å². The third kappa shape index (κ3) is 1.76. The molecule has 2 aromatic carbocycles. The molecule has 2 aromatic rings. The number of hydrogen-bond donors (Lipinski definition) is 1. The predicted octanol–water partition coefficient (Wildman–Crippen LogP) is 2.60. The zero-order valence-corrected chi connectivity index (χ0v) is 12.3. The molecule has 23 heavy (non-hydrogen) atoms. The highest BCUT2D eigenvalue weighted by Crippen LogP contribution is 2.41. The first-order chi connectivity index (χ1) is 11.1. The minimum absolute atomic E-state index is 0.229. The highest BCUT2D eigenvalue weighted by atomic mass is 16.2. The van der Waals surface area contributed by atoms with Crippen molar-refractivity contribution in [3.63, 3.8) is 0 Å². The number of Topliss-reactive ketones (excluding diaryl/α,β-unsaturated/α-hetero) is 1. The molecule has 0 saturated heterocycles. The summed E-state index contributed by atoms with van der Waals surface area (Å²) in [7, 11) is 0. The van der Waals surface area contributed by atoms with Gasteiger partial charge in [0.05, 0.1) is 11.3 Å². The standard InChI is InChI=1S/C18H12N2O3/c1-10(21)20-14-9-5-3-7-12(14)15(18(20)23)16-17(22)11-6-2-4-8-13(11)19-16/h2-9,19H,1H3/b16-15-. The third-order valence-corrected chi connectivity index (χ3v) is 4.05. The molecule has 0 aromatic heterocycles. The van der Waals surface area contributed by atoms with E-state index in [4.69, 9.17) is 0 Å². The van der Waals surface area contributed by atoms with Gasteiger partial charge < -0.3 is 5.32 Å². The number of para-hydroxylation sites is 2. The molecule has 0 unspecified atom stereocenters. The largest absolute Gasteiger partial charge is 0.351 e. The van der Waals surface area contributed by atoms with E-state index < -0.39 is 5.91 Å². The molecule has 2 aliphatic rings. The van der Waals surface area contributed by atoms with Gasteiger partial charge in [-0.1, -0.05) is 30.3 Å². The number of rotatable bonds is 0. The van der Waals surface area contributed by atoms with Crippen LogP contribution in [-0.2, 0) is 9.59 Å². The Balaban J connectivity index is 1.96. The Bertz CT molecular complexity index is 927. The van der Waals surface area contributed by atoms with Gasteiger partial charge in [0.2, 0.25) is 11.7 Å². The highest BCUT2D eigenvalue weighted by molar-refractivity contribution is 6.44. The molecule has 5 heteroatoms. The second-order valence-electron chi connectivity index (χ2n) is 5.43. The van der Waals surface area contributed by atoms with Gasteiger partial charge in [-0.2, -0.15) is 0 Å². The van der Waals surface area contributed by atoms with Crippen molar-refractivity contribution in [1.29, 1.82) is 0 Å². The summed E-state index contributed by atoms with van der Waals surface area (Å²) < 4.78 is 0. The van der Waals surface area contributed by atoms with Crippen LogP contribution in [0.3, 0.4) is 0 Å². The summed E-state index contributed by atoms with van der Waals surface area (Å²) in [5.74, 6) is -1.08. The van der Waals surface area contributed by atoms with E-state index in [-0.39, 0.29) is 23.0 Å². The fourth-order valence-corrected chi connectivity index (χ4v) is 3.06. The summed E-state index contributed by atoms with van der Waals surface area (Å²) >= 11 is 0. The van der Waals surface area contributed by atoms with Crippen molar-refractivity contribution in [1.82, 2.24) is 0 Å². The molecule has 0 aliphatic carbocycles. The smallest absolute Gasteiger partial charge is 0.268 e. The van der Waals surface area contributed by atoms with Gasteiger partial charge in [0.25, 0.3) is 5.91 Å². The van der Waals surface area contributed by atoms with Crippen LogP contribution in [0.2, 0.25) is 0 Å². The summed E-state index contributed by atoms with van der Waals surface area (Å²) in [5.41, 5.74) is 2.78. The molecule has 0 spiro atoms. The van der Waals surface area contributed by atoms with Crippen molar-refractivity contribution in [3.05, 3.63) is 65.4 Å². The molecule has 0 fully saturated rings. The third-order valence-electron chi connectivity index (χ3n) is 4.05. The molecule has 5 nitrogen and oxygen atoms in total. The number of carbonyl (C=O) groups is 3. The topological polar surface area (TPSA) is 66.5 Å². The van der Waals surface area contributed by atoms with E-state index in [0.29, 0.717) is 22.5 Å². The number of benzene rings is 2. The number of ketones is 1. The summed E-state index contributed by atoms with van der Waals surface area (Å²) in [6, 6.07) is 14.1. The molecule has 2 amide bonds. The highest BCUT2D eigenvalue weighted by Gasteiger charge is 2.40. The molecule has 112 valence electrons. The minimum Gasteiger partial charge on any atom is -0.351 e. The van der Waals surface area contributed by atoms with Crippen LogP contribution in [0.5, 0.6) is 0 Å². The van der Waals surface area contributed by atoms with Crippen molar-refractivity contribution in [3.8, 4) is 0 Å². The summed E-state index contributed by atoms with van der Waals surface area (Å²) in [6.45, 7) is 1.33. The lowest BCUT2D eigenvalue weighted by Gasteiger charge is -2.11. The molecular formula is C18H12N2O3. The van der Waals surface area contributed by atoms with Gasteiger partial charge in [-0.3, -0.25) is 14.4 Å². The second-order valence-corrected chi connectivity index (χ2v) is 5.43. The molecule has 0 bridgehead atoms. The lowest BCUT2D eigenvalue weighted by Crippen LogP contribution is -2.31. The van der Waals surface area contributed by atoms with Gasteiger partial charge in [-0.15, -0.1) is 0 Å². The average molecular weight is 304 g/mol. The van der Waals surface area contributed by atoms with E-state index in [0.717, 1.165) is 4.90 Å². The number of imide groups is 1. The fraction of sp³-hybridized carbons (Fsp3) is 0.0556. The maximum Gasteiger partial charge on any atom is 0.268 e. The zero-order chi connectivity index (χ0) is 16.1. The predicted molar refractivity (Wildman–Crippen MR) is 85.9 cm³/mol. The lowest BCUT2D eigenvalue weighted by atomic mass is 10.0. The van der Waals surface area contributed by atoms with Crippen LogP contribution in [0.15, 0.2) is 54.2 Å². The van der Waals surface area contributed by atoms with Crippen LogP contribution in [0.25, 0.3) is 5.57 Å². The van der Waals surface area contributed by atoms with E-state index in [2.05, 4.69) is 5.32 Å². The van der Waals surface area contributed by atoms with Crippen LogP contribution in [-0.4, -0.2) is 17.6 Å². The van der Waals surface area contributed by atoms with Crippen molar-refractivity contribution < 1.29 is 14.4 Å². The number of fused-ring (bicyclic) bond motifs is 2. The fourth-order valence-electron chi connectivity index (χ4n) is 3.06. The normalized spacial score (nSPS) is 18.7. The Kier molecular flexibility index (Phi) is 2.72. The van der Waals surface area contributed by atoms with Crippen LogP contribution in [0.1, 0.15) is 22.8 Å². The summed E-state index contributed by atoms with van der Waals surface area (Å²) in [6.07, 6.45) is 0. The van der Waals surface area contributed by atoms with Gasteiger partial charge in [-0.25, -0.2) is 4.90 Å². The van der Waals surface area contributed by atoms with Crippen molar-refractivity contribution in [2.45, 2.75) is 6.92 Å². The second kappa shape index (κ2) is 4.64. The number of carbonyl (C=O) groups excluding carboxylic acids is 3. The van der Waals surface area contributed by atoms with E-state index in [9.17, 15) is 14.4 Å². The maximum atomic E-state index is 12.7. The Morgan fingerprint density at radius 2 is 1.61 bits per heavy atom. The average Bonchev–Trinajstić information content (AvgIpc) is 3.01. The van der Waals surface area contributed by atoms with Crippen LogP contribution < -0.4 is 10.2 Å². The first kappa shape index (κ1) is 13.5. The Morgan fingerprint density at radius 1 is 0.957 bits per heavy atom. The number of nitrogens with one attached hydrogen (secondary N) is 1. The number of amides is 2. The van der Waals surface area contributed by atoms with Gasteiger partial charge >= 0.3 is 0 Å². The summed E-state index contributed by atoms with van der Waals surface area (Å²) in [4.78, 5) is 38.3. The van der Waals surface area contributed by atoms with Crippen LogP contribution in [0.4, 0.5) is 11.4 Å². The number of nitrogens with zero attached hydrogens (tertiary/aromatic N) is 1. The molecule has 4 rings (SSSR count). The van der Waals surface area contributed by atoms with E-state index in [1.165, 1.54) is 6.92 Å². The minimum atomic E-state index is -0.470. The molecule has 0 atom stereocenters. The first-order valence-corrected chi connectivity index (χ1v) is 7.19. The molecule has 0 radical (unpaired) electrons. The van der Waals surface area contributed by atoms with E-state index in [1.54, 1.807) is 42.5 Å². The summed E-state index contributed by atoms with van der Waals surface area (Å²) in [5, 5.41) is 3.03. The Labute approximate surface area is 132 Å². The first-order valence-electron chi connectivity index (χ1n) is 7.19. The zero-order valence-electron chi connectivity index (χ0n) is 12.3. The molecule has 2 heterocycles. The van der Waals surface area contributed by atoms with Crippen molar-refractivity contribution >= 4 is 34.5 Å².